The van der Waals surface area contributed by atoms with Crippen LogP contribution in [0.4, 0.5) is 0 Å². The molecule has 22 heavy (non-hydrogen) atoms. The van der Waals surface area contributed by atoms with Gasteiger partial charge < -0.3 is 4.74 Å². The summed E-state index contributed by atoms with van der Waals surface area (Å²) in [4.78, 5) is 0.173. The lowest BCUT2D eigenvalue weighted by molar-refractivity contribution is 0.340. The van der Waals surface area contributed by atoms with Gasteiger partial charge in [0.05, 0.1) is 12.8 Å². The fourth-order valence-corrected chi connectivity index (χ4v) is 3.23. The molecule has 2 rings (SSSR count). The lowest BCUT2D eigenvalue weighted by Crippen LogP contribution is -2.26. The summed E-state index contributed by atoms with van der Waals surface area (Å²) in [5, 5.41) is 3.99. The monoisotopic (exact) mass is 323 g/mol. The van der Waals surface area contributed by atoms with E-state index in [1.165, 1.54) is 12.4 Å². The van der Waals surface area contributed by atoms with Gasteiger partial charge in [0, 0.05) is 18.8 Å². The fourth-order valence-electron chi connectivity index (χ4n) is 2.04. The normalized spacial score (nSPS) is 13.0. The number of aryl methyl sites for hydroxylation is 1. The lowest BCUT2D eigenvalue weighted by Gasteiger charge is -2.14. The second-order valence-electron chi connectivity index (χ2n) is 4.88. The summed E-state index contributed by atoms with van der Waals surface area (Å²) in [5.74, 6) is 0.769. The Morgan fingerprint density at radius 2 is 1.95 bits per heavy atom. The van der Waals surface area contributed by atoms with Gasteiger partial charge in [0.25, 0.3) is 0 Å². The van der Waals surface area contributed by atoms with Crippen molar-refractivity contribution in [3.8, 4) is 5.75 Å². The average molecular weight is 323 g/mol. The molecule has 1 unspecified atom stereocenters. The fraction of sp³-hybridized carbons (Fsp3) is 0.400. The maximum atomic E-state index is 12.3. The third-order valence-corrected chi connectivity index (χ3v) is 4.76. The first-order chi connectivity index (χ1) is 10.5. The number of nitrogens with zero attached hydrogens (tertiary/aromatic N) is 2. The van der Waals surface area contributed by atoms with Crippen LogP contribution < -0.4 is 9.46 Å². The smallest absolute Gasteiger partial charge is 0.244 e. The van der Waals surface area contributed by atoms with E-state index in [0.717, 1.165) is 11.3 Å². The van der Waals surface area contributed by atoms with Gasteiger partial charge >= 0.3 is 0 Å². The van der Waals surface area contributed by atoms with Gasteiger partial charge in [-0.3, -0.25) is 4.68 Å². The first-order valence-corrected chi connectivity index (χ1v) is 8.72. The number of rotatable bonds is 7. The van der Waals surface area contributed by atoms with Crippen molar-refractivity contribution in [1.29, 1.82) is 0 Å². The van der Waals surface area contributed by atoms with Crippen molar-refractivity contribution < 1.29 is 13.2 Å². The van der Waals surface area contributed by atoms with Crippen molar-refractivity contribution in [2.75, 3.05) is 6.61 Å². The molecule has 120 valence electrons. The SMILES string of the molecule is CCOc1ccc(C(C)NS(=O)(=O)c2cnn(CC)c2)cc1. The molecule has 1 N–H and O–H groups in total. The number of aromatic nitrogens is 2. The number of ether oxygens (including phenoxy) is 1. The molecule has 0 bridgehead atoms. The zero-order valence-electron chi connectivity index (χ0n) is 13.0. The van der Waals surface area contributed by atoms with Crippen LogP contribution in [0.2, 0.25) is 0 Å². The Morgan fingerprint density at radius 3 is 2.50 bits per heavy atom. The zero-order valence-corrected chi connectivity index (χ0v) is 13.8. The molecule has 0 aliphatic heterocycles. The van der Waals surface area contributed by atoms with Gasteiger partial charge in [-0.2, -0.15) is 5.10 Å². The van der Waals surface area contributed by atoms with E-state index in [4.69, 9.17) is 4.74 Å². The molecule has 1 aromatic carbocycles. The lowest BCUT2D eigenvalue weighted by atomic mass is 10.1. The average Bonchev–Trinajstić information content (AvgIpc) is 2.98. The summed E-state index contributed by atoms with van der Waals surface area (Å²) in [6.45, 7) is 6.85. The maximum absolute atomic E-state index is 12.3. The van der Waals surface area contributed by atoms with E-state index in [1.807, 2.05) is 38.1 Å². The number of hydrogen-bond acceptors (Lipinski definition) is 4. The molecular formula is C15H21N3O3S. The van der Waals surface area contributed by atoms with Gasteiger partial charge in [-0.1, -0.05) is 12.1 Å². The summed E-state index contributed by atoms with van der Waals surface area (Å²) in [6, 6.07) is 7.03. The quantitative estimate of drug-likeness (QED) is 0.849. The van der Waals surface area contributed by atoms with E-state index in [9.17, 15) is 8.42 Å². The Kier molecular flexibility index (Phi) is 5.20. The van der Waals surface area contributed by atoms with Crippen LogP contribution in [0.1, 0.15) is 32.4 Å². The largest absolute Gasteiger partial charge is 0.494 e. The number of hydrogen-bond donors (Lipinski definition) is 1. The van der Waals surface area contributed by atoms with Crippen molar-refractivity contribution in [3.63, 3.8) is 0 Å². The summed E-state index contributed by atoms with van der Waals surface area (Å²) in [6.07, 6.45) is 2.88. The highest BCUT2D eigenvalue weighted by atomic mass is 32.2. The predicted octanol–water partition coefficient (Wildman–Crippen LogP) is 2.34. The highest BCUT2D eigenvalue weighted by molar-refractivity contribution is 7.89. The standard InChI is InChI=1S/C15H21N3O3S/c1-4-18-11-15(10-16-18)22(19,20)17-12(3)13-6-8-14(9-7-13)21-5-2/h6-12,17H,4-5H2,1-3H3. The Balaban J connectivity index is 2.11. The number of sulfonamides is 1. The molecule has 0 aliphatic rings. The topological polar surface area (TPSA) is 73.2 Å². The molecule has 7 heteroatoms. The second kappa shape index (κ2) is 6.93. The zero-order chi connectivity index (χ0) is 16.2. The Hall–Kier alpha value is -1.86. The van der Waals surface area contributed by atoms with Crippen LogP contribution in [0.5, 0.6) is 5.75 Å². The van der Waals surface area contributed by atoms with E-state index in [-0.39, 0.29) is 10.9 Å². The van der Waals surface area contributed by atoms with E-state index in [2.05, 4.69) is 9.82 Å². The minimum atomic E-state index is -3.58. The molecule has 1 atom stereocenters. The second-order valence-corrected chi connectivity index (χ2v) is 6.59. The molecular weight excluding hydrogens is 302 g/mol. The summed E-state index contributed by atoms with van der Waals surface area (Å²) < 4.78 is 34.3. The van der Waals surface area contributed by atoms with Crippen molar-refractivity contribution >= 4 is 10.0 Å². The van der Waals surface area contributed by atoms with Gasteiger partial charge in [-0.25, -0.2) is 13.1 Å². The van der Waals surface area contributed by atoms with Crippen LogP contribution >= 0.6 is 0 Å². The first kappa shape index (κ1) is 16.5. The van der Waals surface area contributed by atoms with Crippen molar-refractivity contribution in [2.24, 2.45) is 0 Å². The summed E-state index contributed by atoms with van der Waals surface area (Å²) in [7, 11) is -3.58. The molecule has 0 radical (unpaired) electrons. The van der Waals surface area contributed by atoms with E-state index in [0.29, 0.717) is 13.2 Å². The minimum absolute atomic E-state index is 0.173. The number of nitrogens with one attached hydrogen (secondary N) is 1. The molecule has 1 heterocycles. The molecule has 0 saturated heterocycles. The Bertz CT molecular complexity index is 708. The molecule has 2 aromatic rings. The van der Waals surface area contributed by atoms with Gasteiger partial charge in [0.2, 0.25) is 10.0 Å². The summed E-state index contributed by atoms with van der Waals surface area (Å²) >= 11 is 0. The van der Waals surface area contributed by atoms with E-state index >= 15 is 0 Å². The highest BCUT2D eigenvalue weighted by Gasteiger charge is 2.20. The van der Waals surface area contributed by atoms with Crippen LogP contribution in [-0.4, -0.2) is 24.8 Å². The molecule has 0 aliphatic carbocycles. The maximum Gasteiger partial charge on any atom is 0.244 e. The Morgan fingerprint density at radius 1 is 1.27 bits per heavy atom. The molecule has 1 aromatic heterocycles. The molecule has 0 amide bonds. The van der Waals surface area contributed by atoms with Crippen molar-refractivity contribution in [2.45, 2.75) is 38.3 Å². The predicted molar refractivity (Wildman–Crippen MR) is 84.2 cm³/mol. The minimum Gasteiger partial charge on any atom is -0.494 e. The Labute approximate surface area is 131 Å². The first-order valence-electron chi connectivity index (χ1n) is 7.23. The van der Waals surface area contributed by atoms with Gasteiger partial charge in [0.15, 0.2) is 0 Å². The van der Waals surface area contributed by atoms with E-state index in [1.54, 1.807) is 11.6 Å². The number of benzene rings is 1. The van der Waals surface area contributed by atoms with Gasteiger partial charge in [0.1, 0.15) is 10.6 Å². The summed E-state index contributed by atoms with van der Waals surface area (Å²) in [5.41, 5.74) is 0.870. The van der Waals surface area contributed by atoms with Gasteiger partial charge in [-0.05, 0) is 38.5 Å². The van der Waals surface area contributed by atoms with E-state index < -0.39 is 10.0 Å². The van der Waals surface area contributed by atoms with Crippen molar-refractivity contribution in [1.82, 2.24) is 14.5 Å². The third-order valence-electron chi connectivity index (χ3n) is 3.27. The molecule has 0 fully saturated rings. The van der Waals surface area contributed by atoms with Crippen LogP contribution in [-0.2, 0) is 16.6 Å². The molecule has 6 nitrogen and oxygen atoms in total. The van der Waals surface area contributed by atoms with Crippen LogP contribution in [0.15, 0.2) is 41.6 Å². The molecule has 0 spiro atoms. The van der Waals surface area contributed by atoms with Crippen LogP contribution in [0, 0.1) is 0 Å². The molecule has 0 saturated carbocycles. The van der Waals surface area contributed by atoms with Crippen LogP contribution in [0.3, 0.4) is 0 Å². The van der Waals surface area contributed by atoms with Crippen LogP contribution in [0.25, 0.3) is 0 Å². The van der Waals surface area contributed by atoms with Gasteiger partial charge in [-0.15, -0.1) is 0 Å². The van der Waals surface area contributed by atoms with Crippen molar-refractivity contribution in [3.05, 3.63) is 42.2 Å². The highest BCUT2D eigenvalue weighted by Crippen LogP contribution is 2.20. The third kappa shape index (κ3) is 3.86.